The van der Waals surface area contributed by atoms with Gasteiger partial charge in [-0.25, -0.2) is 0 Å². The Morgan fingerprint density at radius 2 is 1.86 bits per heavy atom. The van der Waals surface area contributed by atoms with Crippen LogP contribution in [0.4, 0.5) is 0 Å². The summed E-state index contributed by atoms with van der Waals surface area (Å²) in [6.07, 6.45) is 1.88. The smallest absolute Gasteiger partial charge is 0.192 e. The highest BCUT2D eigenvalue weighted by Crippen LogP contribution is 2.36. The first-order valence-electron chi connectivity index (χ1n) is 5.34. The molecule has 0 heterocycles. The highest BCUT2D eigenvalue weighted by Gasteiger charge is 2.37. The van der Waals surface area contributed by atoms with Gasteiger partial charge in [0.05, 0.1) is 0 Å². The third kappa shape index (κ3) is 3.92. The Balaban J connectivity index is 4.18. The molecule has 0 bridgehead atoms. The molecular weight excluding hydrogens is 192 g/mol. The van der Waals surface area contributed by atoms with Gasteiger partial charge in [-0.15, -0.1) is 0 Å². The molecule has 3 heteroatoms. The van der Waals surface area contributed by atoms with Crippen LogP contribution in [0.1, 0.15) is 34.1 Å². The Morgan fingerprint density at radius 3 is 2.14 bits per heavy atom. The van der Waals surface area contributed by atoms with E-state index in [-0.39, 0.29) is 11.0 Å². The minimum absolute atomic E-state index is 0.0733. The highest BCUT2D eigenvalue weighted by molar-refractivity contribution is 6.74. The van der Waals surface area contributed by atoms with E-state index in [1.165, 1.54) is 0 Å². The van der Waals surface area contributed by atoms with Crippen LogP contribution in [-0.4, -0.2) is 21.2 Å². The monoisotopic (exact) mass is 216 g/mol. The van der Waals surface area contributed by atoms with E-state index in [9.17, 15) is 4.79 Å². The van der Waals surface area contributed by atoms with Crippen LogP contribution in [0.3, 0.4) is 0 Å². The van der Waals surface area contributed by atoms with E-state index in [4.69, 9.17) is 4.43 Å². The summed E-state index contributed by atoms with van der Waals surface area (Å²) in [7, 11) is -1.66. The third-order valence-corrected chi connectivity index (χ3v) is 7.68. The van der Waals surface area contributed by atoms with Gasteiger partial charge < -0.3 is 9.22 Å². The van der Waals surface area contributed by atoms with Gasteiger partial charge in [0, 0.05) is 12.5 Å². The normalized spacial score (nSPS) is 15.3. The molecular formula is C11H24O2Si. The lowest BCUT2D eigenvalue weighted by atomic mass is 10.1. The lowest BCUT2D eigenvalue weighted by Gasteiger charge is -2.36. The maximum Gasteiger partial charge on any atom is 0.192 e. The molecule has 0 saturated heterocycles. The number of carbonyl (C=O) groups is 1. The summed E-state index contributed by atoms with van der Waals surface area (Å²) in [5, 5.41) is 0.230. The van der Waals surface area contributed by atoms with Gasteiger partial charge in [0.1, 0.15) is 6.29 Å². The quantitative estimate of drug-likeness (QED) is 0.521. The van der Waals surface area contributed by atoms with Crippen molar-refractivity contribution >= 4 is 14.6 Å². The molecule has 0 saturated carbocycles. The molecule has 0 fully saturated rings. The van der Waals surface area contributed by atoms with E-state index in [2.05, 4.69) is 33.9 Å². The molecule has 0 unspecified atom stereocenters. The zero-order chi connectivity index (χ0) is 11.4. The number of hydrogen-bond donors (Lipinski definition) is 0. The predicted molar refractivity (Wildman–Crippen MR) is 63.0 cm³/mol. The Labute approximate surface area is 89.2 Å². The van der Waals surface area contributed by atoms with E-state index in [0.29, 0.717) is 6.61 Å². The van der Waals surface area contributed by atoms with Crippen molar-refractivity contribution in [3.8, 4) is 0 Å². The summed E-state index contributed by atoms with van der Waals surface area (Å²) in [4.78, 5) is 10.6. The van der Waals surface area contributed by atoms with Crippen molar-refractivity contribution in [2.45, 2.75) is 52.2 Å². The second-order valence-corrected chi connectivity index (χ2v) is 10.2. The van der Waals surface area contributed by atoms with Crippen molar-refractivity contribution in [2.24, 2.45) is 5.92 Å². The van der Waals surface area contributed by atoms with Crippen LogP contribution < -0.4 is 0 Å². The predicted octanol–water partition coefficient (Wildman–Crippen LogP) is 3.23. The summed E-state index contributed by atoms with van der Waals surface area (Å²) in [5.74, 6) is 0.0733. The van der Waals surface area contributed by atoms with Crippen molar-refractivity contribution in [2.75, 3.05) is 6.61 Å². The van der Waals surface area contributed by atoms with E-state index < -0.39 is 8.32 Å². The summed E-state index contributed by atoms with van der Waals surface area (Å²) in [6, 6.07) is 0. The van der Waals surface area contributed by atoms with Crippen molar-refractivity contribution < 1.29 is 9.22 Å². The molecule has 0 N–H and O–H groups in total. The Bertz CT molecular complexity index is 182. The molecule has 0 aromatic carbocycles. The van der Waals surface area contributed by atoms with Crippen LogP contribution in [-0.2, 0) is 9.22 Å². The first kappa shape index (κ1) is 13.8. The average Bonchev–Trinajstić information content (AvgIpc) is 2.04. The average molecular weight is 216 g/mol. The third-order valence-electron chi connectivity index (χ3n) is 3.18. The fraction of sp³-hybridized carbons (Fsp3) is 0.909. The summed E-state index contributed by atoms with van der Waals surface area (Å²) in [5.41, 5.74) is 0. The second kappa shape index (κ2) is 5.08. The lowest BCUT2D eigenvalue weighted by molar-refractivity contribution is -0.112. The number of rotatable bonds is 5. The van der Waals surface area contributed by atoms with Gasteiger partial charge in [0.15, 0.2) is 8.32 Å². The maximum absolute atomic E-state index is 10.6. The highest BCUT2D eigenvalue weighted by atomic mass is 28.4. The van der Waals surface area contributed by atoms with E-state index >= 15 is 0 Å². The molecule has 0 amide bonds. The molecule has 0 aliphatic rings. The molecule has 0 spiro atoms. The van der Waals surface area contributed by atoms with Gasteiger partial charge in [0.2, 0.25) is 0 Å². The van der Waals surface area contributed by atoms with Gasteiger partial charge in [-0.3, -0.25) is 0 Å². The van der Waals surface area contributed by atoms with Crippen molar-refractivity contribution in [1.82, 2.24) is 0 Å². The van der Waals surface area contributed by atoms with E-state index in [1.54, 1.807) is 0 Å². The number of aldehydes is 1. The molecule has 14 heavy (non-hydrogen) atoms. The Morgan fingerprint density at radius 1 is 1.36 bits per heavy atom. The Hall–Kier alpha value is -0.153. The molecule has 0 aliphatic carbocycles. The van der Waals surface area contributed by atoms with Crippen LogP contribution in [0.5, 0.6) is 0 Å². The first-order chi connectivity index (χ1) is 6.24. The first-order valence-corrected chi connectivity index (χ1v) is 8.24. The van der Waals surface area contributed by atoms with Crippen LogP contribution in [0.2, 0.25) is 18.1 Å². The molecule has 0 radical (unpaired) electrons. The van der Waals surface area contributed by atoms with Gasteiger partial charge >= 0.3 is 0 Å². The standard InChI is InChI=1S/C11H24O2Si/c1-7-10(8-12)9-13-14(5,6)11(2,3)4/h8,10H,7,9H2,1-6H3/t10-/m1/s1. The van der Waals surface area contributed by atoms with E-state index in [1.807, 2.05) is 6.92 Å². The van der Waals surface area contributed by atoms with Crippen molar-refractivity contribution in [3.05, 3.63) is 0 Å². The van der Waals surface area contributed by atoms with Gasteiger partial charge in [-0.1, -0.05) is 27.7 Å². The van der Waals surface area contributed by atoms with Crippen LogP contribution in [0, 0.1) is 5.92 Å². The molecule has 84 valence electrons. The second-order valence-electron chi connectivity index (χ2n) is 5.38. The van der Waals surface area contributed by atoms with Gasteiger partial charge in [0.25, 0.3) is 0 Å². The summed E-state index contributed by atoms with van der Waals surface area (Å²) < 4.78 is 5.95. The SMILES string of the molecule is CC[C@H](C=O)CO[Si](C)(C)C(C)(C)C. The zero-order valence-corrected chi connectivity index (χ0v) is 11.4. The van der Waals surface area contributed by atoms with Crippen molar-refractivity contribution in [1.29, 1.82) is 0 Å². The van der Waals surface area contributed by atoms with Gasteiger partial charge in [-0.05, 0) is 24.6 Å². The fourth-order valence-electron chi connectivity index (χ4n) is 0.785. The fourth-order valence-corrected chi connectivity index (χ4v) is 1.85. The van der Waals surface area contributed by atoms with Gasteiger partial charge in [-0.2, -0.15) is 0 Å². The molecule has 0 aromatic heterocycles. The molecule has 0 aromatic rings. The number of carbonyl (C=O) groups excluding carboxylic acids is 1. The van der Waals surface area contributed by atoms with Crippen LogP contribution in [0.25, 0.3) is 0 Å². The number of hydrogen-bond acceptors (Lipinski definition) is 2. The molecule has 1 atom stereocenters. The minimum Gasteiger partial charge on any atom is -0.416 e. The largest absolute Gasteiger partial charge is 0.416 e. The molecule has 2 nitrogen and oxygen atoms in total. The Kier molecular flexibility index (Phi) is 5.02. The molecule has 0 aliphatic heterocycles. The summed E-state index contributed by atoms with van der Waals surface area (Å²) >= 11 is 0. The van der Waals surface area contributed by atoms with Crippen LogP contribution in [0.15, 0.2) is 0 Å². The zero-order valence-electron chi connectivity index (χ0n) is 10.4. The summed E-state index contributed by atoms with van der Waals surface area (Å²) in [6.45, 7) is 13.7. The minimum atomic E-state index is -1.66. The van der Waals surface area contributed by atoms with Crippen LogP contribution >= 0.6 is 0 Å². The maximum atomic E-state index is 10.6. The lowest BCUT2D eigenvalue weighted by Crippen LogP contribution is -2.42. The van der Waals surface area contributed by atoms with E-state index in [0.717, 1.165) is 12.7 Å². The molecule has 0 rings (SSSR count). The van der Waals surface area contributed by atoms with Crippen molar-refractivity contribution in [3.63, 3.8) is 0 Å². The topological polar surface area (TPSA) is 26.3 Å².